The first-order chi connectivity index (χ1) is 8.27. The first kappa shape index (κ1) is 12.5. The number of rotatable bonds is 7. The minimum Gasteiger partial charge on any atom is -0.314 e. The highest BCUT2D eigenvalue weighted by molar-refractivity contribution is 5.24. The lowest BCUT2D eigenvalue weighted by Gasteiger charge is -2.07. The topological polar surface area (TPSA) is 24.1 Å². The molecule has 0 radical (unpaired) electrons. The van der Waals surface area contributed by atoms with E-state index < -0.39 is 0 Å². The molecular weight excluding hydrogens is 215 g/mol. The van der Waals surface area contributed by atoms with Gasteiger partial charge in [-0.2, -0.15) is 0 Å². The molecule has 1 aromatic carbocycles. The van der Waals surface area contributed by atoms with E-state index in [-0.39, 0.29) is 5.82 Å². The van der Waals surface area contributed by atoms with Crippen molar-refractivity contribution in [1.82, 2.24) is 10.6 Å². The lowest BCUT2D eigenvalue weighted by Crippen LogP contribution is -2.23. The minimum atomic E-state index is -0.0731. The highest BCUT2D eigenvalue weighted by Gasteiger charge is 2.19. The van der Waals surface area contributed by atoms with Gasteiger partial charge >= 0.3 is 0 Å². The van der Waals surface area contributed by atoms with Crippen molar-refractivity contribution in [2.45, 2.75) is 38.8 Å². The van der Waals surface area contributed by atoms with E-state index in [1.165, 1.54) is 12.8 Å². The van der Waals surface area contributed by atoms with Gasteiger partial charge in [-0.1, -0.05) is 18.2 Å². The van der Waals surface area contributed by atoms with Gasteiger partial charge in [-0.25, -0.2) is 4.39 Å². The molecule has 2 nitrogen and oxygen atoms in total. The molecule has 0 bridgehead atoms. The number of hydrogen-bond acceptors (Lipinski definition) is 2. The van der Waals surface area contributed by atoms with Gasteiger partial charge in [0.1, 0.15) is 5.82 Å². The van der Waals surface area contributed by atoms with Crippen LogP contribution in [-0.2, 0) is 6.54 Å². The zero-order valence-corrected chi connectivity index (χ0v) is 10.4. The molecule has 1 aliphatic rings. The summed E-state index contributed by atoms with van der Waals surface area (Å²) in [5.41, 5.74) is 1.49. The standard InChI is InChI=1S/C14H21FN2/c1-11-4-2-5-12(14(11)15)10-16-8-3-9-17-13-6-7-13/h2,4-5,13,16-17H,3,6-10H2,1H3. The smallest absolute Gasteiger partial charge is 0.130 e. The molecule has 0 atom stereocenters. The fourth-order valence-corrected chi connectivity index (χ4v) is 1.87. The predicted molar refractivity (Wildman–Crippen MR) is 68.5 cm³/mol. The summed E-state index contributed by atoms with van der Waals surface area (Å²) in [6, 6.07) is 6.34. The molecule has 17 heavy (non-hydrogen) atoms. The van der Waals surface area contributed by atoms with Crippen LogP contribution >= 0.6 is 0 Å². The van der Waals surface area contributed by atoms with Gasteiger partial charge in [-0.05, 0) is 44.8 Å². The quantitative estimate of drug-likeness (QED) is 0.710. The van der Waals surface area contributed by atoms with Crippen LogP contribution < -0.4 is 10.6 Å². The Morgan fingerprint density at radius 1 is 1.29 bits per heavy atom. The van der Waals surface area contributed by atoms with Crippen LogP contribution in [0.3, 0.4) is 0 Å². The van der Waals surface area contributed by atoms with Crippen molar-refractivity contribution in [3.63, 3.8) is 0 Å². The molecule has 1 saturated carbocycles. The van der Waals surface area contributed by atoms with Gasteiger partial charge in [-0.3, -0.25) is 0 Å². The fourth-order valence-electron chi connectivity index (χ4n) is 1.87. The summed E-state index contributed by atoms with van der Waals surface area (Å²) < 4.78 is 13.6. The van der Waals surface area contributed by atoms with Crippen molar-refractivity contribution in [2.24, 2.45) is 0 Å². The third-order valence-electron chi connectivity index (χ3n) is 3.13. The van der Waals surface area contributed by atoms with E-state index in [1.807, 2.05) is 12.1 Å². The molecule has 0 aliphatic heterocycles. The van der Waals surface area contributed by atoms with Crippen LogP contribution in [-0.4, -0.2) is 19.1 Å². The van der Waals surface area contributed by atoms with Crippen molar-refractivity contribution in [3.8, 4) is 0 Å². The van der Waals surface area contributed by atoms with Crippen molar-refractivity contribution in [1.29, 1.82) is 0 Å². The Bertz CT molecular complexity index is 361. The van der Waals surface area contributed by atoms with Crippen LogP contribution in [0.5, 0.6) is 0 Å². The molecule has 0 aromatic heterocycles. The summed E-state index contributed by atoms with van der Waals surface area (Å²) in [5, 5.41) is 6.75. The monoisotopic (exact) mass is 236 g/mol. The van der Waals surface area contributed by atoms with E-state index in [2.05, 4.69) is 10.6 Å². The molecule has 0 saturated heterocycles. The highest BCUT2D eigenvalue weighted by atomic mass is 19.1. The van der Waals surface area contributed by atoms with Crippen molar-refractivity contribution in [2.75, 3.05) is 13.1 Å². The van der Waals surface area contributed by atoms with E-state index in [0.29, 0.717) is 6.54 Å². The lowest BCUT2D eigenvalue weighted by atomic mass is 10.1. The second kappa shape index (κ2) is 6.12. The maximum atomic E-state index is 13.6. The summed E-state index contributed by atoms with van der Waals surface area (Å²) >= 11 is 0. The molecular formula is C14H21FN2. The molecule has 1 aromatic rings. The van der Waals surface area contributed by atoms with Gasteiger partial charge in [0.25, 0.3) is 0 Å². The van der Waals surface area contributed by atoms with Crippen LogP contribution in [0.2, 0.25) is 0 Å². The second-order valence-electron chi connectivity index (χ2n) is 4.81. The summed E-state index contributed by atoms with van der Waals surface area (Å²) in [6.07, 6.45) is 3.77. The number of aryl methyl sites for hydroxylation is 1. The minimum absolute atomic E-state index is 0.0731. The largest absolute Gasteiger partial charge is 0.314 e. The van der Waals surface area contributed by atoms with E-state index in [9.17, 15) is 4.39 Å². The first-order valence-electron chi connectivity index (χ1n) is 6.45. The SMILES string of the molecule is Cc1cccc(CNCCCNC2CC2)c1F. The fraction of sp³-hybridized carbons (Fsp3) is 0.571. The van der Waals surface area contributed by atoms with E-state index in [4.69, 9.17) is 0 Å². The second-order valence-corrected chi connectivity index (χ2v) is 4.81. The van der Waals surface area contributed by atoms with E-state index in [1.54, 1.807) is 13.0 Å². The lowest BCUT2D eigenvalue weighted by molar-refractivity contribution is 0.563. The molecule has 1 fully saturated rings. The molecule has 2 N–H and O–H groups in total. The Morgan fingerprint density at radius 2 is 2.12 bits per heavy atom. The number of nitrogens with one attached hydrogen (secondary N) is 2. The van der Waals surface area contributed by atoms with Gasteiger partial charge in [-0.15, -0.1) is 0 Å². The number of halogens is 1. The van der Waals surface area contributed by atoms with Gasteiger partial charge in [0.15, 0.2) is 0 Å². The normalized spacial score (nSPS) is 15.2. The Balaban J connectivity index is 1.61. The van der Waals surface area contributed by atoms with Crippen molar-refractivity contribution in [3.05, 3.63) is 35.1 Å². The third-order valence-corrected chi connectivity index (χ3v) is 3.13. The first-order valence-corrected chi connectivity index (χ1v) is 6.45. The van der Waals surface area contributed by atoms with Crippen LogP contribution in [0.15, 0.2) is 18.2 Å². The highest BCUT2D eigenvalue weighted by Crippen LogP contribution is 2.18. The Labute approximate surface area is 103 Å². The number of hydrogen-bond donors (Lipinski definition) is 2. The summed E-state index contributed by atoms with van der Waals surface area (Å²) in [5.74, 6) is -0.0731. The van der Waals surface area contributed by atoms with Crippen LogP contribution in [0.25, 0.3) is 0 Å². The molecule has 1 aliphatic carbocycles. The average Bonchev–Trinajstić information content (AvgIpc) is 3.12. The maximum absolute atomic E-state index is 13.6. The average molecular weight is 236 g/mol. The Kier molecular flexibility index (Phi) is 4.51. The zero-order chi connectivity index (χ0) is 12.1. The van der Waals surface area contributed by atoms with Crippen LogP contribution in [0, 0.1) is 12.7 Å². The van der Waals surface area contributed by atoms with Gasteiger partial charge in [0.05, 0.1) is 0 Å². The van der Waals surface area contributed by atoms with Crippen molar-refractivity contribution < 1.29 is 4.39 Å². The molecule has 0 amide bonds. The molecule has 0 unspecified atom stereocenters. The molecule has 2 rings (SSSR count). The molecule has 0 spiro atoms. The Hall–Kier alpha value is -0.930. The molecule has 94 valence electrons. The predicted octanol–water partition coefficient (Wildman–Crippen LogP) is 2.37. The molecule has 0 heterocycles. The summed E-state index contributed by atoms with van der Waals surface area (Å²) in [7, 11) is 0. The van der Waals surface area contributed by atoms with Gasteiger partial charge in [0, 0.05) is 18.2 Å². The van der Waals surface area contributed by atoms with Gasteiger partial charge < -0.3 is 10.6 Å². The van der Waals surface area contributed by atoms with Crippen molar-refractivity contribution >= 4 is 0 Å². The van der Waals surface area contributed by atoms with Crippen LogP contribution in [0.4, 0.5) is 4.39 Å². The maximum Gasteiger partial charge on any atom is 0.130 e. The number of benzene rings is 1. The zero-order valence-electron chi connectivity index (χ0n) is 10.4. The third kappa shape index (κ3) is 4.10. The summed E-state index contributed by atoms with van der Waals surface area (Å²) in [6.45, 7) is 4.43. The molecule has 3 heteroatoms. The van der Waals surface area contributed by atoms with Crippen LogP contribution in [0.1, 0.15) is 30.4 Å². The Morgan fingerprint density at radius 3 is 2.88 bits per heavy atom. The van der Waals surface area contributed by atoms with Gasteiger partial charge in [0.2, 0.25) is 0 Å². The van der Waals surface area contributed by atoms with E-state index >= 15 is 0 Å². The van der Waals surface area contributed by atoms with E-state index in [0.717, 1.165) is 36.7 Å². The summed E-state index contributed by atoms with van der Waals surface area (Å²) in [4.78, 5) is 0.